The SMILES string of the molecule is Cl.c1cc2c(c(OC3CCNC3)c1)CCCC2. The molecule has 2 aliphatic rings. The summed E-state index contributed by atoms with van der Waals surface area (Å²) in [6.45, 7) is 2.10. The van der Waals surface area contributed by atoms with Gasteiger partial charge in [-0.25, -0.2) is 0 Å². The topological polar surface area (TPSA) is 21.3 Å². The summed E-state index contributed by atoms with van der Waals surface area (Å²) in [4.78, 5) is 0. The highest BCUT2D eigenvalue weighted by Crippen LogP contribution is 2.30. The fourth-order valence-electron chi connectivity index (χ4n) is 2.77. The zero-order chi connectivity index (χ0) is 10.8. The third kappa shape index (κ3) is 2.75. The van der Waals surface area contributed by atoms with Crippen LogP contribution in [0, 0.1) is 0 Å². The van der Waals surface area contributed by atoms with Crippen molar-refractivity contribution in [3.63, 3.8) is 0 Å². The van der Waals surface area contributed by atoms with Crippen LogP contribution in [0.4, 0.5) is 0 Å². The van der Waals surface area contributed by atoms with Gasteiger partial charge in [0, 0.05) is 6.54 Å². The van der Waals surface area contributed by atoms with Gasteiger partial charge in [0.1, 0.15) is 11.9 Å². The lowest BCUT2D eigenvalue weighted by Crippen LogP contribution is -2.20. The number of benzene rings is 1. The largest absolute Gasteiger partial charge is 0.489 e. The van der Waals surface area contributed by atoms with Gasteiger partial charge >= 0.3 is 0 Å². The van der Waals surface area contributed by atoms with E-state index in [1.54, 1.807) is 0 Å². The predicted molar refractivity (Wildman–Crippen MR) is 72.2 cm³/mol. The third-order valence-corrected chi connectivity index (χ3v) is 3.66. The fourth-order valence-corrected chi connectivity index (χ4v) is 2.77. The lowest BCUT2D eigenvalue weighted by atomic mass is 9.91. The number of ether oxygens (including phenoxy) is 1. The Morgan fingerprint density at radius 3 is 2.88 bits per heavy atom. The van der Waals surface area contributed by atoms with E-state index in [0.717, 1.165) is 25.3 Å². The van der Waals surface area contributed by atoms with Gasteiger partial charge in [0.2, 0.25) is 0 Å². The fraction of sp³-hybridized carbons (Fsp3) is 0.571. The van der Waals surface area contributed by atoms with E-state index in [1.165, 1.54) is 36.8 Å². The molecule has 1 fully saturated rings. The van der Waals surface area contributed by atoms with Crippen molar-refractivity contribution >= 4 is 12.4 Å². The molecule has 1 saturated heterocycles. The Bertz CT molecular complexity index is 374. The van der Waals surface area contributed by atoms with Crippen LogP contribution >= 0.6 is 12.4 Å². The van der Waals surface area contributed by atoms with E-state index < -0.39 is 0 Å². The number of rotatable bonds is 2. The molecule has 2 nitrogen and oxygen atoms in total. The maximum absolute atomic E-state index is 6.11. The van der Waals surface area contributed by atoms with E-state index in [-0.39, 0.29) is 12.4 Å². The zero-order valence-corrected chi connectivity index (χ0v) is 10.9. The molecule has 1 aromatic rings. The zero-order valence-electron chi connectivity index (χ0n) is 10.1. The summed E-state index contributed by atoms with van der Waals surface area (Å²) >= 11 is 0. The molecule has 94 valence electrons. The van der Waals surface area contributed by atoms with Crippen molar-refractivity contribution in [1.29, 1.82) is 0 Å². The molecular weight excluding hydrogens is 234 g/mol. The Kier molecular flexibility index (Phi) is 4.30. The van der Waals surface area contributed by atoms with Gasteiger partial charge in [-0.2, -0.15) is 0 Å². The van der Waals surface area contributed by atoms with Crippen molar-refractivity contribution in [3.05, 3.63) is 29.3 Å². The van der Waals surface area contributed by atoms with Gasteiger partial charge in [0.05, 0.1) is 0 Å². The Hall–Kier alpha value is -0.730. The van der Waals surface area contributed by atoms with E-state index in [1.807, 2.05) is 0 Å². The molecule has 0 bridgehead atoms. The number of aryl methyl sites for hydroxylation is 1. The van der Waals surface area contributed by atoms with Gasteiger partial charge in [-0.15, -0.1) is 12.4 Å². The van der Waals surface area contributed by atoms with Crippen molar-refractivity contribution in [2.45, 2.75) is 38.2 Å². The van der Waals surface area contributed by atoms with Crippen LogP contribution in [-0.2, 0) is 12.8 Å². The second kappa shape index (κ2) is 5.74. The van der Waals surface area contributed by atoms with Crippen LogP contribution in [0.15, 0.2) is 18.2 Å². The molecule has 1 atom stereocenters. The van der Waals surface area contributed by atoms with Crippen molar-refractivity contribution in [2.75, 3.05) is 13.1 Å². The second-order valence-electron chi connectivity index (χ2n) is 4.83. The summed E-state index contributed by atoms with van der Waals surface area (Å²) in [5.41, 5.74) is 2.98. The minimum atomic E-state index is 0. The minimum Gasteiger partial charge on any atom is -0.489 e. The third-order valence-electron chi connectivity index (χ3n) is 3.66. The van der Waals surface area contributed by atoms with Crippen molar-refractivity contribution in [1.82, 2.24) is 5.32 Å². The minimum absolute atomic E-state index is 0. The molecule has 0 spiro atoms. The summed E-state index contributed by atoms with van der Waals surface area (Å²) in [6, 6.07) is 6.54. The Labute approximate surface area is 109 Å². The number of hydrogen-bond acceptors (Lipinski definition) is 2. The van der Waals surface area contributed by atoms with Crippen LogP contribution in [0.25, 0.3) is 0 Å². The summed E-state index contributed by atoms with van der Waals surface area (Å²) in [7, 11) is 0. The normalized spacial score (nSPS) is 22.7. The van der Waals surface area contributed by atoms with Crippen molar-refractivity contribution in [2.24, 2.45) is 0 Å². The molecule has 0 aromatic heterocycles. The standard InChI is InChI=1S/C14H19NO.ClH/c1-2-6-13-11(4-1)5-3-7-14(13)16-12-8-9-15-10-12;/h3,5,7,12,15H,1-2,4,6,8-10H2;1H. The van der Waals surface area contributed by atoms with Crippen LogP contribution in [0.1, 0.15) is 30.4 Å². The molecule has 0 saturated carbocycles. The van der Waals surface area contributed by atoms with Crippen molar-refractivity contribution < 1.29 is 4.74 Å². The van der Waals surface area contributed by atoms with Crippen LogP contribution < -0.4 is 10.1 Å². The van der Waals surface area contributed by atoms with E-state index in [9.17, 15) is 0 Å². The lowest BCUT2D eigenvalue weighted by Gasteiger charge is -2.21. The molecule has 3 rings (SSSR count). The average molecular weight is 254 g/mol. The van der Waals surface area contributed by atoms with Gasteiger partial charge in [0.15, 0.2) is 0 Å². The number of nitrogens with one attached hydrogen (secondary N) is 1. The summed E-state index contributed by atoms with van der Waals surface area (Å²) in [5, 5.41) is 3.35. The van der Waals surface area contributed by atoms with Gasteiger partial charge in [-0.1, -0.05) is 12.1 Å². The molecular formula is C14H20ClNO. The summed E-state index contributed by atoms with van der Waals surface area (Å²) in [6.07, 6.45) is 6.61. The maximum atomic E-state index is 6.11. The molecule has 0 radical (unpaired) electrons. The van der Waals surface area contributed by atoms with Gasteiger partial charge in [0.25, 0.3) is 0 Å². The van der Waals surface area contributed by atoms with Crippen LogP contribution in [0.3, 0.4) is 0 Å². The first-order valence-corrected chi connectivity index (χ1v) is 6.41. The highest BCUT2D eigenvalue weighted by Gasteiger charge is 2.19. The number of fused-ring (bicyclic) bond motifs is 1. The van der Waals surface area contributed by atoms with Crippen LogP contribution in [0.2, 0.25) is 0 Å². The van der Waals surface area contributed by atoms with Gasteiger partial charge < -0.3 is 10.1 Å². The lowest BCUT2D eigenvalue weighted by molar-refractivity contribution is 0.220. The number of hydrogen-bond donors (Lipinski definition) is 1. The van der Waals surface area contributed by atoms with Gasteiger partial charge in [-0.05, 0) is 55.8 Å². The highest BCUT2D eigenvalue weighted by molar-refractivity contribution is 5.85. The van der Waals surface area contributed by atoms with Gasteiger partial charge in [-0.3, -0.25) is 0 Å². The molecule has 17 heavy (non-hydrogen) atoms. The smallest absolute Gasteiger partial charge is 0.123 e. The highest BCUT2D eigenvalue weighted by atomic mass is 35.5. The van der Waals surface area contributed by atoms with Crippen molar-refractivity contribution in [3.8, 4) is 5.75 Å². The molecule has 1 unspecified atom stereocenters. The van der Waals surface area contributed by atoms with E-state index in [4.69, 9.17) is 4.74 Å². The molecule has 1 aromatic carbocycles. The molecule has 1 aliphatic carbocycles. The van der Waals surface area contributed by atoms with E-state index in [2.05, 4.69) is 23.5 Å². The Morgan fingerprint density at radius 1 is 1.18 bits per heavy atom. The first-order valence-electron chi connectivity index (χ1n) is 6.41. The first-order chi connectivity index (χ1) is 7.93. The maximum Gasteiger partial charge on any atom is 0.123 e. The number of halogens is 1. The molecule has 1 aliphatic heterocycles. The van der Waals surface area contributed by atoms with E-state index >= 15 is 0 Å². The summed E-state index contributed by atoms with van der Waals surface area (Å²) in [5.74, 6) is 1.14. The molecule has 1 heterocycles. The van der Waals surface area contributed by atoms with Crippen LogP contribution in [-0.4, -0.2) is 19.2 Å². The molecule has 1 N–H and O–H groups in total. The monoisotopic (exact) mass is 253 g/mol. The average Bonchev–Trinajstić information content (AvgIpc) is 2.82. The quantitative estimate of drug-likeness (QED) is 0.875. The Balaban J connectivity index is 0.00000108. The molecule has 0 amide bonds. The second-order valence-corrected chi connectivity index (χ2v) is 4.83. The first kappa shape index (κ1) is 12.7. The summed E-state index contributed by atoms with van der Waals surface area (Å²) < 4.78 is 6.11. The molecule has 3 heteroatoms. The predicted octanol–water partition coefficient (Wildman–Crippen LogP) is 2.73. The Morgan fingerprint density at radius 2 is 2.06 bits per heavy atom. The van der Waals surface area contributed by atoms with Crippen LogP contribution in [0.5, 0.6) is 5.75 Å². The van der Waals surface area contributed by atoms with E-state index in [0.29, 0.717) is 6.10 Å².